The normalized spacial score (nSPS) is 34.2. The Balaban J connectivity index is 2.66. The van der Waals surface area contributed by atoms with Gasteiger partial charge in [0.25, 0.3) is 0 Å². The van der Waals surface area contributed by atoms with Gasteiger partial charge in [0.1, 0.15) is 0 Å². The molecule has 1 rings (SSSR count). The quantitative estimate of drug-likeness (QED) is 0.578. The van der Waals surface area contributed by atoms with E-state index >= 15 is 0 Å². The van der Waals surface area contributed by atoms with Gasteiger partial charge in [0.15, 0.2) is 0 Å². The van der Waals surface area contributed by atoms with Gasteiger partial charge in [-0.2, -0.15) is 5.48 Å². The van der Waals surface area contributed by atoms with Gasteiger partial charge in [0, 0.05) is 12.0 Å². The van der Waals surface area contributed by atoms with Crippen LogP contribution < -0.4 is 5.48 Å². The Kier molecular flexibility index (Phi) is 2.47. The Hall–Kier alpha value is -0.120. The Morgan fingerprint density at radius 3 is 2.42 bits per heavy atom. The van der Waals surface area contributed by atoms with Crippen LogP contribution in [0.3, 0.4) is 0 Å². The Morgan fingerprint density at radius 2 is 1.83 bits per heavy atom. The molecule has 1 saturated heterocycles. The lowest BCUT2D eigenvalue weighted by Gasteiger charge is -2.26. The fourth-order valence-corrected chi connectivity index (χ4v) is 1.59. The number of hydrogen-bond acceptors (Lipinski definition) is 3. The van der Waals surface area contributed by atoms with Gasteiger partial charge >= 0.3 is 0 Å². The zero-order chi connectivity index (χ0) is 9.41. The van der Waals surface area contributed by atoms with E-state index in [2.05, 4.69) is 5.48 Å². The average Bonchev–Trinajstić information content (AvgIpc) is 1.87. The van der Waals surface area contributed by atoms with E-state index in [1.165, 1.54) is 0 Å². The molecule has 3 heteroatoms. The summed E-state index contributed by atoms with van der Waals surface area (Å²) in [6.45, 7) is 8.00. The fourth-order valence-electron chi connectivity index (χ4n) is 1.59. The zero-order valence-corrected chi connectivity index (χ0v) is 8.35. The van der Waals surface area contributed by atoms with Crippen LogP contribution in [0.5, 0.6) is 0 Å². The minimum Gasteiger partial charge on any atom is -0.393 e. The Bertz CT molecular complexity index is 148. The third kappa shape index (κ3) is 2.73. The summed E-state index contributed by atoms with van der Waals surface area (Å²) in [5.74, 6) is 0. The summed E-state index contributed by atoms with van der Waals surface area (Å²) >= 11 is 0. The van der Waals surface area contributed by atoms with Crippen molar-refractivity contribution in [2.45, 2.75) is 57.8 Å². The molecule has 0 saturated carbocycles. The van der Waals surface area contributed by atoms with Crippen LogP contribution in [0.1, 0.15) is 40.5 Å². The summed E-state index contributed by atoms with van der Waals surface area (Å²) in [7, 11) is 0. The molecule has 2 N–H and O–H groups in total. The van der Waals surface area contributed by atoms with Crippen LogP contribution in [0.2, 0.25) is 0 Å². The molecule has 0 radical (unpaired) electrons. The van der Waals surface area contributed by atoms with Gasteiger partial charge in [-0.3, -0.25) is 4.84 Å². The molecular formula is C9H19NO2. The van der Waals surface area contributed by atoms with E-state index in [9.17, 15) is 5.11 Å². The lowest BCUT2D eigenvalue weighted by Crippen LogP contribution is -2.41. The van der Waals surface area contributed by atoms with E-state index in [0.29, 0.717) is 6.42 Å². The highest BCUT2D eigenvalue weighted by Crippen LogP contribution is 2.26. The second-order valence-corrected chi connectivity index (χ2v) is 4.91. The van der Waals surface area contributed by atoms with Crippen LogP contribution >= 0.6 is 0 Å². The minimum atomic E-state index is -0.273. The zero-order valence-electron chi connectivity index (χ0n) is 8.35. The summed E-state index contributed by atoms with van der Waals surface area (Å²) in [6.07, 6.45) is 1.14. The molecule has 1 fully saturated rings. The molecule has 1 heterocycles. The van der Waals surface area contributed by atoms with Crippen molar-refractivity contribution in [1.29, 1.82) is 0 Å². The Morgan fingerprint density at radius 1 is 1.25 bits per heavy atom. The Labute approximate surface area is 74.1 Å². The first kappa shape index (κ1) is 9.96. The molecule has 0 spiro atoms. The van der Waals surface area contributed by atoms with E-state index in [1.807, 2.05) is 27.7 Å². The largest absolute Gasteiger partial charge is 0.393 e. The number of hydrogen-bond donors (Lipinski definition) is 2. The second-order valence-electron chi connectivity index (χ2n) is 4.91. The van der Waals surface area contributed by atoms with Crippen LogP contribution in [0, 0.1) is 0 Å². The maximum atomic E-state index is 9.64. The molecule has 0 aromatic heterocycles. The average molecular weight is 173 g/mol. The van der Waals surface area contributed by atoms with Crippen molar-refractivity contribution in [3.05, 3.63) is 0 Å². The highest BCUT2D eigenvalue weighted by molar-refractivity contribution is 4.85. The third-order valence-corrected chi connectivity index (χ3v) is 2.08. The number of aliphatic hydroxyl groups excluding tert-OH is 1. The SMILES string of the molecule is CC1(C)CC(O)CC(C)(C)ON1. The number of hydroxylamine groups is 1. The molecule has 12 heavy (non-hydrogen) atoms. The molecule has 0 aromatic rings. The molecule has 72 valence electrons. The number of rotatable bonds is 0. The van der Waals surface area contributed by atoms with Crippen molar-refractivity contribution in [1.82, 2.24) is 5.48 Å². The summed E-state index contributed by atoms with van der Waals surface area (Å²) in [6, 6.07) is 0. The molecule has 0 amide bonds. The molecular weight excluding hydrogens is 154 g/mol. The molecule has 1 unspecified atom stereocenters. The molecule has 0 aliphatic carbocycles. The lowest BCUT2D eigenvalue weighted by atomic mass is 9.92. The molecule has 0 aromatic carbocycles. The molecule has 1 aliphatic rings. The van der Waals surface area contributed by atoms with E-state index < -0.39 is 0 Å². The van der Waals surface area contributed by atoms with E-state index in [1.54, 1.807) is 0 Å². The maximum absolute atomic E-state index is 9.64. The summed E-state index contributed by atoms with van der Waals surface area (Å²) in [4.78, 5) is 5.47. The van der Waals surface area contributed by atoms with Crippen LogP contribution in [0.15, 0.2) is 0 Å². The van der Waals surface area contributed by atoms with Gasteiger partial charge < -0.3 is 5.11 Å². The first-order valence-electron chi connectivity index (χ1n) is 4.44. The predicted molar refractivity (Wildman–Crippen MR) is 47.6 cm³/mol. The van der Waals surface area contributed by atoms with E-state index in [-0.39, 0.29) is 17.2 Å². The summed E-state index contributed by atoms with van der Waals surface area (Å²) < 4.78 is 0. The van der Waals surface area contributed by atoms with Crippen molar-refractivity contribution < 1.29 is 9.94 Å². The second kappa shape index (κ2) is 2.98. The number of nitrogens with one attached hydrogen (secondary N) is 1. The topological polar surface area (TPSA) is 41.5 Å². The van der Waals surface area contributed by atoms with Crippen molar-refractivity contribution in [2.75, 3.05) is 0 Å². The van der Waals surface area contributed by atoms with E-state index in [4.69, 9.17) is 4.84 Å². The predicted octanol–water partition coefficient (Wildman–Crippen LogP) is 1.22. The molecule has 1 aliphatic heterocycles. The number of aliphatic hydroxyl groups is 1. The van der Waals surface area contributed by atoms with Crippen LogP contribution in [-0.2, 0) is 4.84 Å². The highest BCUT2D eigenvalue weighted by atomic mass is 16.7. The molecule has 3 nitrogen and oxygen atoms in total. The fraction of sp³-hybridized carbons (Fsp3) is 1.00. The van der Waals surface area contributed by atoms with Crippen molar-refractivity contribution in [3.63, 3.8) is 0 Å². The lowest BCUT2D eigenvalue weighted by molar-refractivity contribution is -0.108. The van der Waals surface area contributed by atoms with Gasteiger partial charge in [-0.25, -0.2) is 0 Å². The van der Waals surface area contributed by atoms with Crippen LogP contribution in [-0.4, -0.2) is 22.4 Å². The van der Waals surface area contributed by atoms with Gasteiger partial charge in [-0.05, 0) is 34.1 Å². The molecule has 0 bridgehead atoms. The monoisotopic (exact) mass is 173 g/mol. The first-order chi connectivity index (χ1) is 5.31. The van der Waals surface area contributed by atoms with Crippen LogP contribution in [0.25, 0.3) is 0 Å². The smallest absolute Gasteiger partial charge is 0.0865 e. The van der Waals surface area contributed by atoms with Crippen molar-refractivity contribution >= 4 is 0 Å². The van der Waals surface area contributed by atoms with Crippen molar-refractivity contribution in [3.8, 4) is 0 Å². The summed E-state index contributed by atoms with van der Waals surface area (Å²) in [5, 5.41) is 9.64. The van der Waals surface area contributed by atoms with Gasteiger partial charge in [-0.15, -0.1) is 0 Å². The maximum Gasteiger partial charge on any atom is 0.0865 e. The first-order valence-corrected chi connectivity index (χ1v) is 4.44. The van der Waals surface area contributed by atoms with Gasteiger partial charge in [-0.1, -0.05) is 0 Å². The van der Waals surface area contributed by atoms with Gasteiger partial charge in [0.2, 0.25) is 0 Å². The van der Waals surface area contributed by atoms with Crippen molar-refractivity contribution in [2.24, 2.45) is 0 Å². The third-order valence-electron chi connectivity index (χ3n) is 2.08. The summed E-state index contributed by atoms with van der Waals surface area (Å²) in [5.41, 5.74) is 2.58. The minimum absolute atomic E-state index is 0.132. The standard InChI is InChI=1S/C9H19NO2/c1-8(2)5-7(11)6-9(3,4)12-10-8/h7,10-11H,5-6H2,1-4H3. The van der Waals surface area contributed by atoms with Crippen LogP contribution in [0.4, 0.5) is 0 Å². The molecule has 1 atom stereocenters. The van der Waals surface area contributed by atoms with E-state index in [0.717, 1.165) is 6.42 Å². The van der Waals surface area contributed by atoms with Gasteiger partial charge in [0.05, 0.1) is 11.7 Å². The highest BCUT2D eigenvalue weighted by Gasteiger charge is 2.33.